The molecule has 1 aliphatic heterocycles. The molecule has 0 radical (unpaired) electrons. The van der Waals surface area contributed by atoms with Gasteiger partial charge in [0.05, 0.1) is 0 Å². The Morgan fingerprint density at radius 3 is 1.60 bits per heavy atom. The van der Waals surface area contributed by atoms with Gasteiger partial charge >= 0.3 is 0 Å². The van der Waals surface area contributed by atoms with Crippen molar-refractivity contribution in [1.82, 2.24) is 0 Å². The van der Waals surface area contributed by atoms with Crippen molar-refractivity contribution in [3.8, 4) is 11.1 Å². The summed E-state index contributed by atoms with van der Waals surface area (Å²) in [7, 11) is -0.673. The van der Waals surface area contributed by atoms with Crippen LogP contribution in [0.5, 0.6) is 0 Å². The first-order valence-corrected chi connectivity index (χ1v) is 12.0. The van der Waals surface area contributed by atoms with E-state index in [9.17, 15) is 4.39 Å². The second-order valence-corrected chi connectivity index (χ2v) is 10.1. The summed E-state index contributed by atoms with van der Waals surface area (Å²) in [4.78, 5) is 0. The number of hydrogen-bond acceptors (Lipinski definition) is 0. The average Bonchev–Trinajstić information content (AvgIpc) is 2.96. The monoisotopic (exact) mass is 406 g/mol. The molecule has 5 aromatic carbocycles. The fourth-order valence-corrected chi connectivity index (χ4v) is 7.31. The van der Waals surface area contributed by atoms with Crippen molar-refractivity contribution in [2.75, 3.05) is 0 Å². The van der Waals surface area contributed by atoms with Crippen molar-refractivity contribution >= 4 is 34.8 Å². The Morgan fingerprint density at radius 1 is 0.533 bits per heavy atom. The van der Waals surface area contributed by atoms with Crippen LogP contribution in [-0.4, -0.2) is 0 Å². The second-order valence-electron chi connectivity index (χ2n) is 7.95. The largest absolute Gasteiger partial charge is 0.206 e. The lowest BCUT2D eigenvalue weighted by atomic mass is 9.88. The van der Waals surface area contributed by atoms with E-state index < -0.39 is 7.92 Å². The first kappa shape index (κ1) is 17.8. The molecule has 144 valence electrons. The third kappa shape index (κ3) is 2.77. The molecule has 0 aromatic heterocycles. The molecule has 5 aromatic rings. The maximum Gasteiger partial charge on any atom is 0.130 e. The topological polar surface area (TPSA) is 0 Å². The van der Waals surface area contributed by atoms with Crippen LogP contribution in [0.1, 0.15) is 11.1 Å². The molecule has 1 heterocycles. The molecule has 0 fully saturated rings. The van der Waals surface area contributed by atoms with Crippen LogP contribution in [-0.2, 0) is 12.3 Å². The average molecular weight is 406 g/mol. The molecule has 0 N–H and O–H groups in total. The predicted molar refractivity (Wildman–Crippen MR) is 127 cm³/mol. The van der Waals surface area contributed by atoms with Crippen molar-refractivity contribution in [2.24, 2.45) is 0 Å². The summed E-state index contributed by atoms with van der Waals surface area (Å²) < 4.78 is 14.8. The van der Waals surface area contributed by atoms with Gasteiger partial charge in [-0.3, -0.25) is 0 Å². The van der Waals surface area contributed by atoms with Crippen LogP contribution in [0.15, 0.2) is 97.1 Å². The Balaban J connectivity index is 1.71. The van der Waals surface area contributed by atoms with Gasteiger partial charge in [0, 0.05) is 5.30 Å². The molecule has 0 saturated carbocycles. The molecule has 0 unspecified atom stereocenters. The fraction of sp³-hybridized carbons (Fsp3) is 0.0714. The standard InChI is InChI=1S/C28H20FP/c29-25-11-5-6-12-26(25)30-17-21-15-13-19-7-1-3-9-23(19)27(21)28-22(18-30)16-14-20-8-2-4-10-24(20)28/h1-16H,17-18H2. The summed E-state index contributed by atoms with van der Waals surface area (Å²) in [6.07, 6.45) is 1.80. The molecule has 0 saturated heterocycles. The molecule has 0 spiro atoms. The van der Waals surface area contributed by atoms with E-state index in [1.807, 2.05) is 12.1 Å². The molecule has 1 aliphatic rings. The summed E-state index contributed by atoms with van der Waals surface area (Å²) >= 11 is 0. The highest BCUT2D eigenvalue weighted by atomic mass is 31.1. The molecule has 30 heavy (non-hydrogen) atoms. The zero-order valence-corrected chi connectivity index (χ0v) is 17.4. The van der Waals surface area contributed by atoms with Crippen LogP contribution in [0.25, 0.3) is 32.7 Å². The van der Waals surface area contributed by atoms with Crippen molar-refractivity contribution in [3.05, 3.63) is 114 Å². The van der Waals surface area contributed by atoms with E-state index in [-0.39, 0.29) is 5.82 Å². The molecule has 2 heteroatoms. The van der Waals surface area contributed by atoms with E-state index >= 15 is 0 Å². The van der Waals surface area contributed by atoms with Gasteiger partial charge in [-0.25, -0.2) is 4.39 Å². The van der Waals surface area contributed by atoms with Crippen molar-refractivity contribution in [3.63, 3.8) is 0 Å². The van der Waals surface area contributed by atoms with E-state index in [1.54, 1.807) is 12.1 Å². The molecule has 0 nitrogen and oxygen atoms in total. The van der Waals surface area contributed by atoms with Gasteiger partial charge in [0.2, 0.25) is 0 Å². The van der Waals surface area contributed by atoms with Crippen LogP contribution in [0.4, 0.5) is 4.39 Å². The normalized spacial score (nSPS) is 13.8. The zero-order chi connectivity index (χ0) is 20.1. The fourth-order valence-electron chi connectivity index (χ4n) is 4.83. The van der Waals surface area contributed by atoms with Gasteiger partial charge in [0.25, 0.3) is 0 Å². The summed E-state index contributed by atoms with van der Waals surface area (Å²) in [6.45, 7) is 0. The zero-order valence-electron chi connectivity index (χ0n) is 16.5. The molecule has 0 atom stereocenters. The van der Waals surface area contributed by atoms with E-state index in [2.05, 4.69) is 72.8 Å². The van der Waals surface area contributed by atoms with Crippen LogP contribution >= 0.6 is 7.92 Å². The van der Waals surface area contributed by atoms with Crippen LogP contribution < -0.4 is 5.30 Å². The van der Waals surface area contributed by atoms with Gasteiger partial charge < -0.3 is 0 Å². The number of halogens is 1. The smallest absolute Gasteiger partial charge is 0.130 e. The Labute approximate surface area is 176 Å². The van der Waals surface area contributed by atoms with Crippen LogP contribution in [0.3, 0.4) is 0 Å². The lowest BCUT2D eigenvalue weighted by molar-refractivity contribution is 0.636. The molecule has 0 bridgehead atoms. The Morgan fingerprint density at radius 2 is 1.03 bits per heavy atom. The number of hydrogen-bond donors (Lipinski definition) is 0. The first-order chi connectivity index (χ1) is 14.8. The highest BCUT2D eigenvalue weighted by Gasteiger charge is 2.26. The van der Waals surface area contributed by atoms with Gasteiger partial charge in [0.15, 0.2) is 0 Å². The molecule has 0 aliphatic carbocycles. The van der Waals surface area contributed by atoms with Gasteiger partial charge in [-0.2, -0.15) is 0 Å². The maximum absolute atomic E-state index is 14.8. The number of fused-ring (bicyclic) bond motifs is 7. The van der Waals surface area contributed by atoms with Crippen molar-refractivity contribution < 1.29 is 4.39 Å². The van der Waals surface area contributed by atoms with Crippen molar-refractivity contribution in [1.29, 1.82) is 0 Å². The second kappa shape index (κ2) is 7.04. The van der Waals surface area contributed by atoms with Crippen molar-refractivity contribution in [2.45, 2.75) is 12.3 Å². The van der Waals surface area contributed by atoms with E-state index in [1.165, 1.54) is 43.8 Å². The van der Waals surface area contributed by atoms with Crippen LogP contribution in [0, 0.1) is 5.82 Å². The molecule has 6 rings (SSSR count). The van der Waals surface area contributed by atoms with Gasteiger partial charge in [-0.05, 0) is 62.2 Å². The summed E-state index contributed by atoms with van der Waals surface area (Å²) in [6, 6.07) is 33.6. The van der Waals surface area contributed by atoms with Gasteiger partial charge in [0.1, 0.15) is 5.82 Å². The SMILES string of the molecule is Fc1ccccc1P1Cc2ccc3ccccc3c2-c2c(ccc3ccccc23)C1. The minimum Gasteiger partial charge on any atom is -0.206 e. The van der Waals surface area contributed by atoms with E-state index in [0.717, 1.165) is 17.6 Å². The summed E-state index contributed by atoms with van der Waals surface area (Å²) in [5, 5.41) is 5.98. The summed E-state index contributed by atoms with van der Waals surface area (Å²) in [5.74, 6) is -0.0739. The Hall–Kier alpha value is -3.02. The maximum atomic E-state index is 14.8. The number of benzene rings is 5. The highest BCUT2D eigenvalue weighted by molar-refractivity contribution is 7.64. The lowest BCUT2D eigenvalue weighted by Crippen LogP contribution is -2.08. The van der Waals surface area contributed by atoms with E-state index in [0.29, 0.717) is 0 Å². The minimum absolute atomic E-state index is 0.0739. The van der Waals surface area contributed by atoms with E-state index in [4.69, 9.17) is 0 Å². The van der Waals surface area contributed by atoms with Gasteiger partial charge in [-0.15, -0.1) is 0 Å². The minimum atomic E-state index is -0.673. The quantitative estimate of drug-likeness (QED) is 0.251. The number of rotatable bonds is 1. The highest BCUT2D eigenvalue weighted by Crippen LogP contribution is 2.52. The molecule has 0 amide bonds. The first-order valence-electron chi connectivity index (χ1n) is 10.3. The molecular weight excluding hydrogens is 386 g/mol. The predicted octanol–water partition coefficient (Wildman–Crippen LogP) is 7.62. The summed E-state index contributed by atoms with van der Waals surface area (Å²) in [5.41, 5.74) is 5.33. The van der Waals surface area contributed by atoms with Crippen LogP contribution in [0.2, 0.25) is 0 Å². The molecular formula is C28H20FP. The third-order valence-corrected chi connectivity index (χ3v) is 8.69. The Bertz CT molecular complexity index is 1330. The lowest BCUT2D eigenvalue weighted by Gasteiger charge is -2.17. The Kier molecular flexibility index (Phi) is 4.18. The third-order valence-electron chi connectivity index (χ3n) is 6.20. The van der Waals surface area contributed by atoms with Gasteiger partial charge in [-0.1, -0.05) is 98.9 Å².